The Morgan fingerprint density at radius 1 is 1.39 bits per heavy atom. The predicted octanol–water partition coefficient (Wildman–Crippen LogP) is 3.76. The van der Waals surface area contributed by atoms with Crippen molar-refractivity contribution < 1.29 is 0 Å². The van der Waals surface area contributed by atoms with Crippen LogP contribution < -0.4 is 10.2 Å². The molecule has 0 radical (unpaired) electrons. The molecule has 0 aliphatic rings. The molecular weight excluding hydrogens is 220 g/mol. The minimum absolute atomic E-state index is 0.433. The van der Waals surface area contributed by atoms with Gasteiger partial charge in [-0.15, -0.1) is 6.58 Å². The van der Waals surface area contributed by atoms with Crippen LogP contribution in [0.1, 0.15) is 37.8 Å². The molecule has 1 rings (SSSR count). The number of nitrogens with zero attached hydrogens (tertiary/aromatic N) is 1. The van der Waals surface area contributed by atoms with E-state index in [1.165, 1.54) is 11.3 Å². The Morgan fingerprint density at radius 3 is 2.72 bits per heavy atom. The molecule has 1 aromatic carbocycles. The smallest absolute Gasteiger partial charge is 0.0412 e. The number of unbranched alkanes of at least 4 members (excludes halogenated alkanes) is 1. The summed E-state index contributed by atoms with van der Waals surface area (Å²) in [5, 5.41) is 3.39. The number of para-hydroxylation sites is 1. The maximum absolute atomic E-state index is 3.77. The molecule has 100 valence electrons. The first-order chi connectivity index (χ1) is 8.74. The monoisotopic (exact) mass is 246 g/mol. The Hall–Kier alpha value is -1.28. The van der Waals surface area contributed by atoms with Gasteiger partial charge in [0.1, 0.15) is 0 Å². The number of benzene rings is 1. The van der Waals surface area contributed by atoms with Gasteiger partial charge in [0.2, 0.25) is 0 Å². The number of nitrogens with one attached hydrogen (secondary N) is 1. The largest absolute Gasteiger partial charge is 0.374 e. The molecule has 0 bridgehead atoms. The van der Waals surface area contributed by atoms with Crippen molar-refractivity contribution in [2.45, 2.75) is 32.2 Å². The number of hydrogen-bond acceptors (Lipinski definition) is 2. The van der Waals surface area contributed by atoms with Crippen LogP contribution in [-0.4, -0.2) is 20.6 Å². The van der Waals surface area contributed by atoms with Crippen molar-refractivity contribution in [2.24, 2.45) is 0 Å². The van der Waals surface area contributed by atoms with Gasteiger partial charge in [-0.25, -0.2) is 0 Å². The van der Waals surface area contributed by atoms with E-state index in [2.05, 4.69) is 55.0 Å². The summed E-state index contributed by atoms with van der Waals surface area (Å²) in [7, 11) is 4.20. The molecule has 0 saturated heterocycles. The number of hydrogen-bond donors (Lipinski definition) is 1. The van der Waals surface area contributed by atoms with Gasteiger partial charge in [0.25, 0.3) is 0 Å². The SMILES string of the molecule is C=CCCCN(C)c1ccccc1C(CC)NC. The second-order valence-corrected chi connectivity index (χ2v) is 4.66. The summed E-state index contributed by atoms with van der Waals surface area (Å²) in [4.78, 5) is 2.35. The van der Waals surface area contributed by atoms with Crippen molar-refractivity contribution in [1.82, 2.24) is 5.32 Å². The van der Waals surface area contributed by atoms with Crippen LogP contribution in [0.25, 0.3) is 0 Å². The third kappa shape index (κ3) is 3.88. The van der Waals surface area contributed by atoms with E-state index in [-0.39, 0.29) is 0 Å². The molecule has 1 N–H and O–H groups in total. The van der Waals surface area contributed by atoms with Crippen LogP contribution in [0.2, 0.25) is 0 Å². The highest BCUT2D eigenvalue weighted by atomic mass is 15.1. The highest BCUT2D eigenvalue weighted by Gasteiger charge is 2.13. The van der Waals surface area contributed by atoms with Gasteiger partial charge in [-0.1, -0.05) is 31.2 Å². The first kappa shape index (κ1) is 14.8. The number of rotatable bonds is 8. The molecule has 2 nitrogen and oxygen atoms in total. The van der Waals surface area contributed by atoms with Gasteiger partial charge in [0.05, 0.1) is 0 Å². The van der Waals surface area contributed by atoms with Gasteiger partial charge < -0.3 is 10.2 Å². The van der Waals surface area contributed by atoms with E-state index in [9.17, 15) is 0 Å². The van der Waals surface area contributed by atoms with Gasteiger partial charge in [-0.05, 0) is 37.9 Å². The lowest BCUT2D eigenvalue weighted by Crippen LogP contribution is -2.23. The Morgan fingerprint density at radius 2 is 2.11 bits per heavy atom. The molecule has 0 aromatic heterocycles. The third-order valence-electron chi connectivity index (χ3n) is 3.38. The molecule has 0 heterocycles. The fourth-order valence-corrected chi connectivity index (χ4v) is 2.30. The lowest BCUT2D eigenvalue weighted by Gasteiger charge is -2.26. The average molecular weight is 246 g/mol. The lowest BCUT2D eigenvalue weighted by atomic mass is 10.0. The molecule has 2 heteroatoms. The van der Waals surface area contributed by atoms with Gasteiger partial charge in [-0.3, -0.25) is 0 Å². The van der Waals surface area contributed by atoms with Crippen molar-refractivity contribution in [2.75, 3.05) is 25.5 Å². The van der Waals surface area contributed by atoms with Crippen molar-refractivity contribution in [3.63, 3.8) is 0 Å². The summed E-state index contributed by atoms with van der Waals surface area (Å²) in [6, 6.07) is 9.11. The Labute approximate surface area is 112 Å². The fourth-order valence-electron chi connectivity index (χ4n) is 2.30. The summed E-state index contributed by atoms with van der Waals surface area (Å²) in [5.41, 5.74) is 2.73. The molecule has 0 aliphatic heterocycles. The van der Waals surface area contributed by atoms with Crippen LogP contribution in [0.3, 0.4) is 0 Å². The molecule has 0 saturated carbocycles. The van der Waals surface area contributed by atoms with E-state index in [0.717, 1.165) is 25.8 Å². The van der Waals surface area contributed by atoms with E-state index in [0.29, 0.717) is 6.04 Å². The molecule has 1 aromatic rings. The number of anilines is 1. The summed E-state index contributed by atoms with van der Waals surface area (Å²) in [5.74, 6) is 0. The summed E-state index contributed by atoms with van der Waals surface area (Å²) < 4.78 is 0. The first-order valence-electron chi connectivity index (χ1n) is 6.82. The Kier molecular flexibility index (Phi) is 6.51. The molecule has 1 atom stereocenters. The summed E-state index contributed by atoms with van der Waals surface area (Å²) in [6.07, 6.45) is 5.33. The highest BCUT2D eigenvalue weighted by Crippen LogP contribution is 2.27. The van der Waals surface area contributed by atoms with Gasteiger partial charge in [-0.2, -0.15) is 0 Å². The van der Waals surface area contributed by atoms with E-state index in [4.69, 9.17) is 0 Å². The number of allylic oxidation sites excluding steroid dienone is 1. The maximum atomic E-state index is 3.77. The predicted molar refractivity (Wildman–Crippen MR) is 81.2 cm³/mol. The highest BCUT2D eigenvalue weighted by molar-refractivity contribution is 5.54. The minimum atomic E-state index is 0.433. The zero-order chi connectivity index (χ0) is 13.4. The maximum Gasteiger partial charge on any atom is 0.0412 e. The van der Waals surface area contributed by atoms with E-state index in [1.54, 1.807) is 0 Å². The zero-order valence-corrected chi connectivity index (χ0v) is 11.9. The average Bonchev–Trinajstić information content (AvgIpc) is 2.41. The zero-order valence-electron chi connectivity index (χ0n) is 11.9. The van der Waals surface area contributed by atoms with Crippen LogP contribution >= 0.6 is 0 Å². The van der Waals surface area contributed by atoms with E-state index >= 15 is 0 Å². The minimum Gasteiger partial charge on any atom is -0.374 e. The van der Waals surface area contributed by atoms with E-state index in [1.807, 2.05) is 13.1 Å². The molecule has 1 unspecified atom stereocenters. The topological polar surface area (TPSA) is 15.3 Å². The normalized spacial score (nSPS) is 12.2. The molecule has 0 spiro atoms. The van der Waals surface area contributed by atoms with Crippen LogP contribution in [0.5, 0.6) is 0 Å². The molecule has 0 amide bonds. The second kappa shape index (κ2) is 7.93. The van der Waals surface area contributed by atoms with Gasteiger partial charge >= 0.3 is 0 Å². The Bertz CT molecular complexity index is 356. The molecule has 18 heavy (non-hydrogen) atoms. The Balaban J connectivity index is 2.83. The first-order valence-corrected chi connectivity index (χ1v) is 6.82. The fraction of sp³-hybridized carbons (Fsp3) is 0.500. The van der Waals surface area contributed by atoms with Crippen LogP contribution in [0.4, 0.5) is 5.69 Å². The van der Waals surface area contributed by atoms with E-state index < -0.39 is 0 Å². The van der Waals surface area contributed by atoms with Crippen molar-refractivity contribution in [3.8, 4) is 0 Å². The van der Waals surface area contributed by atoms with Gasteiger partial charge in [0, 0.05) is 25.3 Å². The van der Waals surface area contributed by atoms with Crippen LogP contribution in [-0.2, 0) is 0 Å². The molecular formula is C16H26N2. The standard InChI is InChI=1S/C16H26N2/c1-5-7-10-13-18(4)16-12-9-8-11-14(16)15(6-2)17-3/h5,8-9,11-12,15,17H,1,6-7,10,13H2,2-4H3. The van der Waals surface area contributed by atoms with Crippen molar-refractivity contribution >= 4 is 5.69 Å². The van der Waals surface area contributed by atoms with Crippen molar-refractivity contribution in [3.05, 3.63) is 42.5 Å². The third-order valence-corrected chi connectivity index (χ3v) is 3.38. The summed E-state index contributed by atoms with van der Waals surface area (Å²) >= 11 is 0. The quantitative estimate of drug-likeness (QED) is 0.555. The summed E-state index contributed by atoms with van der Waals surface area (Å²) in [6.45, 7) is 7.06. The molecule has 0 fully saturated rings. The van der Waals surface area contributed by atoms with Gasteiger partial charge in [0.15, 0.2) is 0 Å². The molecule has 0 aliphatic carbocycles. The lowest BCUT2D eigenvalue weighted by molar-refractivity contribution is 0.575. The van der Waals surface area contributed by atoms with Crippen molar-refractivity contribution in [1.29, 1.82) is 0 Å². The second-order valence-electron chi connectivity index (χ2n) is 4.66. The van der Waals surface area contributed by atoms with Crippen LogP contribution in [0, 0.1) is 0 Å². The van der Waals surface area contributed by atoms with Crippen LogP contribution in [0.15, 0.2) is 36.9 Å².